The van der Waals surface area contributed by atoms with Gasteiger partial charge in [0.05, 0.1) is 4.91 Å². The zero-order chi connectivity index (χ0) is 21.3. The smallest absolute Gasteiger partial charge is 0.293 e. The highest BCUT2D eigenvalue weighted by atomic mass is 32.2. The van der Waals surface area contributed by atoms with Crippen LogP contribution in [0.4, 0.5) is 9.18 Å². The number of benzene rings is 2. The lowest BCUT2D eigenvalue weighted by molar-refractivity contribution is -0.122. The SMILES string of the molecule is Cc1ccc2[nH]c(C(=O)NCCN3C(=O)S/C(=C\c4ccccc4F)C3=O)cc2c1. The number of H-pyrrole nitrogens is 1. The van der Waals surface area contributed by atoms with Gasteiger partial charge in [0.25, 0.3) is 17.1 Å². The summed E-state index contributed by atoms with van der Waals surface area (Å²) >= 11 is 0.758. The molecule has 0 spiro atoms. The first kappa shape index (κ1) is 19.9. The van der Waals surface area contributed by atoms with Gasteiger partial charge in [-0.2, -0.15) is 0 Å². The van der Waals surface area contributed by atoms with Crippen LogP contribution >= 0.6 is 11.8 Å². The van der Waals surface area contributed by atoms with Crippen LogP contribution in [0.2, 0.25) is 0 Å². The second kappa shape index (κ2) is 8.16. The summed E-state index contributed by atoms with van der Waals surface area (Å²) in [5, 5.41) is 3.20. The molecule has 1 saturated heterocycles. The number of rotatable bonds is 5. The van der Waals surface area contributed by atoms with Gasteiger partial charge in [-0.1, -0.05) is 29.8 Å². The van der Waals surface area contributed by atoms with Crippen LogP contribution < -0.4 is 5.32 Å². The number of thioether (sulfide) groups is 1. The average molecular weight is 423 g/mol. The van der Waals surface area contributed by atoms with E-state index in [0.717, 1.165) is 33.1 Å². The van der Waals surface area contributed by atoms with Crippen LogP contribution in [0.25, 0.3) is 17.0 Å². The van der Waals surface area contributed by atoms with Crippen molar-refractivity contribution in [2.75, 3.05) is 13.1 Å². The molecule has 0 atom stereocenters. The molecule has 0 bridgehead atoms. The van der Waals surface area contributed by atoms with Crippen LogP contribution in [0.3, 0.4) is 0 Å². The van der Waals surface area contributed by atoms with Crippen molar-refractivity contribution in [1.29, 1.82) is 0 Å². The number of hydrogen-bond donors (Lipinski definition) is 2. The first-order valence-electron chi connectivity index (χ1n) is 9.30. The summed E-state index contributed by atoms with van der Waals surface area (Å²) in [7, 11) is 0. The number of carbonyl (C=O) groups is 3. The zero-order valence-electron chi connectivity index (χ0n) is 16.1. The number of imide groups is 1. The highest BCUT2D eigenvalue weighted by molar-refractivity contribution is 8.18. The Kier molecular flexibility index (Phi) is 5.41. The summed E-state index contributed by atoms with van der Waals surface area (Å²) in [4.78, 5) is 41.3. The van der Waals surface area contributed by atoms with E-state index in [2.05, 4.69) is 10.3 Å². The normalized spacial score (nSPS) is 15.4. The first-order valence-corrected chi connectivity index (χ1v) is 10.1. The van der Waals surface area contributed by atoms with Crippen LogP contribution in [0.5, 0.6) is 0 Å². The number of aromatic nitrogens is 1. The van der Waals surface area contributed by atoms with Crippen LogP contribution in [0.1, 0.15) is 21.6 Å². The maximum atomic E-state index is 13.8. The lowest BCUT2D eigenvalue weighted by Crippen LogP contribution is -2.37. The number of aryl methyl sites for hydroxylation is 1. The average Bonchev–Trinajstić information content (AvgIpc) is 3.25. The van der Waals surface area contributed by atoms with E-state index in [1.165, 1.54) is 18.2 Å². The maximum Gasteiger partial charge on any atom is 0.293 e. The molecule has 0 saturated carbocycles. The van der Waals surface area contributed by atoms with E-state index < -0.39 is 17.0 Å². The number of amides is 3. The lowest BCUT2D eigenvalue weighted by atomic mass is 10.2. The third-order valence-electron chi connectivity index (χ3n) is 4.71. The van der Waals surface area contributed by atoms with Gasteiger partial charge in [-0.15, -0.1) is 0 Å². The fourth-order valence-corrected chi connectivity index (χ4v) is 4.03. The number of carbonyl (C=O) groups excluding carboxylic acids is 3. The van der Waals surface area contributed by atoms with E-state index in [1.54, 1.807) is 18.2 Å². The van der Waals surface area contributed by atoms with Gasteiger partial charge in [0, 0.05) is 29.6 Å². The van der Waals surface area contributed by atoms with Crippen molar-refractivity contribution in [2.24, 2.45) is 0 Å². The molecule has 152 valence electrons. The predicted octanol–water partition coefficient (Wildman–Crippen LogP) is 4.08. The van der Waals surface area contributed by atoms with Crippen LogP contribution in [-0.4, -0.2) is 40.0 Å². The monoisotopic (exact) mass is 423 g/mol. The molecule has 1 fully saturated rings. The number of nitrogens with one attached hydrogen (secondary N) is 2. The van der Waals surface area contributed by atoms with Gasteiger partial charge in [0.1, 0.15) is 11.5 Å². The zero-order valence-corrected chi connectivity index (χ0v) is 16.9. The van der Waals surface area contributed by atoms with Gasteiger partial charge >= 0.3 is 0 Å². The molecule has 4 rings (SSSR count). The summed E-state index contributed by atoms with van der Waals surface area (Å²) in [5.41, 5.74) is 2.60. The molecular formula is C22H18FN3O3S. The van der Waals surface area contributed by atoms with Crippen molar-refractivity contribution in [3.05, 3.63) is 76.1 Å². The number of nitrogens with zero attached hydrogens (tertiary/aromatic N) is 1. The Bertz CT molecular complexity index is 1200. The van der Waals surface area contributed by atoms with Crippen LogP contribution in [0, 0.1) is 12.7 Å². The molecule has 30 heavy (non-hydrogen) atoms. The molecule has 3 amide bonds. The summed E-state index contributed by atoms with van der Waals surface area (Å²) < 4.78 is 13.8. The Labute approximate surface area is 176 Å². The summed E-state index contributed by atoms with van der Waals surface area (Å²) in [6, 6.07) is 13.6. The summed E-state index contributed by atoms with van der Waals surface area (Å²) in [6.07, 6.45) is 1.37. The Morgan fingerprint density at radius 2 is 2.00 bits per heavy atom. The number of halogens is 1. The molecular weight excluding hydrogens is 405 g/mol. The van der Waals surface area contributed by atoms with Crippen molar-refractivity contribution in [2.45, 2.75) is 6.92 Å². The number of aromatic amines is 1. The van der Waals surface area contributed by atoms with Gasteiger partial charge in [0.15, 0.2) is 0 Å². The lowest BCUT2D eigenvalue weighted by Gasteiger charge is -2.12. The second-order valence-corrected chi connectivity index (χ2v) is 7.88. The predicted molar refractivity (Wildman–Crippen MR) is 114 cm³/mol. The quantitative estimate of drug-likeness (QED) is 0.606. The van der Waals surface area contributed by atoms with E-state index >= 15 is 0 Å². The molecule has 2 heterocycles. The van der Waals surface area contributed by atoms with E-state index in [9.17, 15) is 18.8 Å². The summed E-state index contributed by atoms with van der Waals surface area (Å²) in [6.45, 7) is 2.12. The fraction of sp³-hybridized carbons (Fsp3) is 0.136. The molecule has 6 nitrogen and oxygen atoms in total. The highest BCUT2D eigenvalue weighted by Crippen LogP contribution is 2.32. The molecule has 0 unspecified atom stereocenters. The standard InChI is InChI=1S/C22H18FN3O3S/c1-13-6-7-17-15(10-13)11-18(25-17)20(27)24-8-9-26-21(28)19(30-22(26)29)12-14-4-2-3-5-16(14)23/h2-7,10-12,25H,8-9H2,1H3,(H,24,27)/b19-12-. The summed E-state index contributed by atoms with van der Waals surface area (Å²) in [5.74, 6) is -1.29. The van der Waals surface area contributed by atoms with E-state index in [0.29, 0.717) is 5.69 Å². The molecule has 2 aromatic carbocycles. The first-order chi connectivity index (χ1) is 14.4. The third-order valence-corrected chi connectivity index (χ3v) is 5.61. The molecule has 1 aliphatic heterocycles. The minimum Gasteiger partial charge on any atom is -0.351 e. The van der Waals surface area contributed by atoms with Gasteiger partial charge < -0.3 is 10.3 Å². The van der Waals surface area contributed by atoms with Crippen molar-refractivity contribution in [3.8, 4) is 0 Å². The highest BCUT2D eigenvalue weighted by Gasteiger charge is 2.34. The maximum absolute atomic E-state index is 13.8. The molecule has 2 N–H and O–H groups in total. The van der Waals surface area contributed by atoms with E-state index in [1.807, 2.05) is 25.1 Å². The van der Waals surface area contributed by atoms with Crippen molar-refractivity contribution in [1.82, 2.24) is 15.2 Å². The van der Waals surface area contributed by atoms with Crippen LogP contribution in [0.15, 0.2) is 53.4 Å². The van der Waals surface area contributed by atoms with E-state index in [4.69, 9.17) is 0 Å². The fourth-order valence-electron chi connectivity index (χ4n) is 3.18. The molecule has 3 aromatic rings. The topological polar surface area (TPSA) is 82.3 Å². The Morgan fingerprint density at radius 1 is 1.20 bits per heavy atom. The van der Waals surface area contributed by atoms with Crippen molar-refractivity contribution >= 4 is 45.8 Å². The molecule has 1 aliphatic rings. The van der Waals surface area contributed by atoms with Gasteiger partial charge in [-0.05, 0) is 49.0 Å². The second-order valence-electron chi connectivity index (χ2n) is 6.88. The molecule has 0 radical (unpaired) electrons. The van der Waals surface area contributed by atoms with Crippen LogP contribution in [-0.2, 0) is 4.79 Å². The van der Waals surface area contributed by atoms with E-state index in [-0.39, 0.29) is 29.5 Å². The molecule has 0 aliphatic carbocycles. The van der Waals surface area contributed by atoms with Gasteiger partial charge in [-0.3, -0.25) is 19.3 Å². The number of hydrogen-bond acceptors (Lipinski definition) is 4. The molecule has 8 heteroatoms. The van der Waals surface area contributed by atoms with Crippen molar-refractivity contribution < 1.29 is 18.8 Å². The Balaban J connectivity index is 1.38. The van der Waals surface area contributed by atoms with Crippen molar-refractivity contribution in [3.63, 3.8) is 0 Å². The Morgan fingerprint density at radius 3 is 2.80 bits per heavy atom. The number of fused-ring (bicyclic) bond motifs is 1. The Hall–Kier alpha value is -3.39. The minimum atomic E-state index is -0.497. The largest absolute Gasteiger partial charge is 0.351 e. The molecule has 1 aromatic heterocycles. The third kappa shape index (κ3) is 3.99. The van der Waals surface area contributed by atoms with Gasteiger partial charge in [-0.25, -0.2) is 4.39 Å². The minimum absolute atomic E-state index is 0.0321. The van der Waals surface area contributed by atoms with Gasteiger partial charge in [0.2, 0.25) is 0 Å².